The van der Waals surface area contributed by atoms with E-state index in [2.05, 4.69) is 57.7 Å². The molecular weight excluding hydrogens is 180 g/mol. The highest BCUT2D eigenvalue weighted by atomic mass is 14.1. The second-order valence-corrected chi connectivity index (χ2v) is 4.16. The van der Waals surface area contributed by atoms with Gasteiger partial charge in [-0.15, -0.1) is 11.8 Å². The fraction of sp³-hybridized carbons (Fsp3) is 0.467. The van der Waals surface area contributed by atoms with Crippen LogP contribution in [0.5, 0.6) is 0 Å². The maximum Gasteiger partial charge on any atom is 0.0155 e. The van der Waals surface area contributed by atoms with Gasteiger partial charge in [-0.2, -0.15) is 0 Å². The Bertz CT molecular complexity index is 377. The third kappa shape index (κ3) is 3.44. The summed E-state index contributed by atoms with van der Waals surface area (Å²) in [6, 6.07) is 6.71. The molecule has 0 heteroatoms. The van der Waals surface area contributed by atoms with E-state index in [1.165, 1.54) is 16.7 Å². The van der Waals surface area contributed by atoms with E-state index in [4.69, 9.17) is 0 Å². The van der Waals surface area contributed by atoms with Crippen molar-refractivity contribution in [2.75, 3.05) is 0 Å². The largest absolute Gasteiger partial charge is 0.104 e. The van der Waals surface area contributed by atoms with Crippen LogP contribution in [0.25, 0.3) is 0 Å². The van der Waals surface area contributed by atoms with Gasteiger partial charge >= 0.3 is 0 Å². The van der Waals surface area contributed by atoms with E-state index in [0.29, 0.717) is 5.92 Å². The number of aryl methyl sites for hydroxylation is 2. The van der Waals surface area contributed by atoms with E-state index in [-0.39, 0.29) is 0 Å². The van der Waals surface area contributed by atoms with Gasteiger partial charge in [0.2, 0.25) is 0 Å². The molecule has 1 unspecified atom stereocenters. The molecule has 0 bridgehead atoms. The van der Waals surface area contributed by atoms with E-state index in [0.717, 1.165) is 12.8 Å². The molecule has 80 valence electrons. The van der Waals surface area contributed by atoms with Crippen LogP contribution in [-0.2, 0) is 0 Å². The van der Waals surface area contributed by atoms with Crippen molar-refractivity contribution in [2.45, 2.75) is 46.5 Å². The molecule has 0 saturated carbocycles. The fourth-order valence-corrected chi connectivity index (χ4v) is 1.54. The summed E-state index contributed by atoms with van der Waals surface area (Å²) in [5, 5.41) is 0. The van der Waals surface area contributed by atoms with Gasteiger partial charge in [0.1, 0.15) is 0 Å². The number of hydrogen-bond acceptors (Lipinski definition) is 0. The molecule has 0 aliphatic heterocycles. The molecule has 15 heavy (non-hydrogen) atoms. The predicted molar refractivity (Wildman–Crippen MR) is 67.0 cm³/mol. The molecule has 0 fully saturated rings. The molecule has 0 aliphatic carbocycles. The molecule has 1 aromatic carbocycles. The van der Waals surface area contributed by atoms with Crippen molar-refractivity contribution in [3.05, 3.63) is 34.9 Å². The summed E-state index contributed by atoms with van der Waals surface area (Å²) in [7, 11) is 0. The van der Waals surface area contributed by atoms with Gasteiger partial charge in [-0.25, -0.2) is 0 Å². The van der Waals surface area contributed by atoms with Crippen molar-refractivity contribution < 1.29 is 0 Å². The maximum atomic E-state index is 3.22. The van der Waals surface area contributed by atoms with E-state index in [9.17, 15) is 0 Å². The van der Waals surface area contributed by atoms with Crippen LogP contribution in [0.15, 0.2) is 18.2 Å². The van der Waals surface area contributed by atoms with Crippen molar-refractivity contribution >= 4 is 0 Å². The van der Waals surface area contributed by atoms with Gasteiger partial charge in [0.05, 0.1) is 0 Å². The van der Waals surface area contributed by atoms with Crippen molar-refractivity contribution in [1.29, 1.82) is 0 Å². The highest BCUT2D eigenvalue weighted by Gasteiger charge is 2.04. The monoisotopic (exact) mass is 200 g/mol. The summed E-state index contributed by atoms with van der Waals surface area (Å²) in [6.07, 6.45) is 1.93. The van der Waals surface area contributed by atoms with Crippen molar-refractivity contribution in [2.24, 2.45) is 0 Å². The molecule has 0 saturated heterocycles. The number of hydrogen-bond donors (Lipinski definition) is 0. The number of benzene rings is 1. The van der Waals surface area contributed by atoms with Crippen LogP contribution < -0.4 is 0 Å². The highest BCUT2D eigenvalue weighted by Crippen LogP contribution is 2.20. The van der Waals surface area contributed by atoms with E-state index in [1.54, 1.807) is 0 Å². The third-order valence-corrected chi connectivity index (χ3v) is 2.81. The highest BCUT2D eigenvalue weighted by molar-refractivity contribution is 5.32. The molecule has 1 rings (SSSR count). The second kappa shape index (κ2) is 5.61. The quantitative estimate of drug-likeness (QED) is 0.627. The summed E-state index contributed by atoms with van der Waals surface area (Å²) in [5.74, 6) is 6.89. The molecule has 0 radical (unpaired) electrons. The molecule has 0 aromatic heterocycles. The zero-order valence-electron chi connectivity index (χ0n) is 10.2. The summed E-state index contributed by atoms with van der Waals surface area (Å²) in [6.45, 7) is 8.66. The first kappa shape index (κ1) is 11.9. The van der Waals surface area contributed by atoms with Gasteiger partial charge in [0.15, 0.2) is 0 Å². The summed E-state index contributed by atoms with van der Waals surface area (Å²) < 4.78 is 0. The first-order valence-corrected chi connectivity index (χ1v) is 5.68. The lowest BCUT2D eigenvalue weighted by Gasteiger charge is -2.10. The minimum Gasteiger partial charge on any atom is -0.104 e. The Morgan fingerprint density at radius 3 is 2.47 bits per heavy atom. The molecule has 0 nitrogen and oxygen atoms in total. The molecule has 1 atom stereocenters. The molecule has 1 aromatic rings. The Hall–Kier alpha value is -1.22. The maximum absolute atomic E-state index is 3.22. The summed E-state index contributed by atoms with van der Waals surface area (Å²) >= 11 is 0. The Morgan fingerprint density at radius 1 is 1.13 bits per heavy atom. The summed E-state index contributed by atoms with van der Waals surface area (Å²) in [4.78, 5) is 0. The third-order valence-electron chi connectivity index (χ3n) is 2.81. The van der Waals surface area contributed by atoms with Gasteiger partial charge in [-0.1, -0.05) is 32.0 Å². The molecule has 0 heterocycles. The van der Waals surface area contributed by atoms with Crippen LogP contribution in [0.1, 0.15) is 49.3 Å². The Balaban J connectivity index is 2.73. The molecule has 0 spiro atoms. The second-order valence-electron chi connectivity index (χ2n) is 4.16. The first-order chi connectivity index (χ1) is 7.15. The lowest BCUT2D eigenvalue weighted by molar-refractivity contribution is 0.793. The first-order valence-electron chi connectivity index (χ1n) is 5.68. The van der Waals surface area contributed by atoms with Crippen molar-refractivity contribution in [3.8, 4) is 11.8 Å². The Labute approximate surface area is 93.7 Å². The molecular formula is C15H20. The Morgan fingerprint density at radius 2 is 1.87 bits per heavy atom. The normalized spacial score (nSPS) is 11.7. The van der Waals surface area contributed by atoms with Crippen LogP contribution in [-0.4, -0.2) is 0 Å². The van der Waals surface area contributed by atoms with Crippen molar-refractivity contribution in [3.63, 3.8) is 0 Å². The van der Waals surface area contributed by atoms with Gasteiger partial charge < -0.3 is 0 Å². The SMILES string of the molecule is CCC#CCC(C)c1ccc(C)c(C)c1. The smallest absolute Gasteiger partial charge is 0.0155 e. The Kier molecular flexibility index (Phi) is 4.43. The van der Waals surface area contributed by atoms with E-state index in [1.807, 2.05) is 0 Å². The fourth-order valence-electron chi connectivity index (χ4n) is 1.54. The summed E-state index contributed by atoms with van der Waals surface area (Å²) in [5.41, 5.74) is 4.15. The average Bonchev–Trinajstić information content (AvgIpc) is 2.22. The van der Waals surface area contributed by atoms with Crippen LogP contribution >= 0.6 is 0 Å². The van der Waals surface area contributed by atoms with Crippen LogP contribution in [0, 0.1) is 25.7 Å². The minimum atomic E-state index is 0.545. The van der Waals surface area contributed by atoms with Crippen LogP contribution in [0.2, 0.25) is 0 Å². The minimum absolute atomic E-state index is 0.545. The van der Waals surface area contributed by atoms with E-state index >= 15 is 0 Å². The topological polar surface area (TPSA) is 0 Å². The van der Waals surface area contributed by atoms with Gasteiger partial charge in [0, 0.05) is 12.8 Å². The van der Waals surface area contributed by atoms with E-state index < -0.39 is 0 Å². The molecule has 0 amide bonds. The van der Waals surface area contributed by atoms with Gasteiger partial charge in [-0.3, -0.25) is 0 Å². The number of rotatable bonds is 2. The standard InChI is InChI=1S/C15H20/c1-5-6-7-8-13(3)15-10-9-12(2)14(4)11-15/h9-11,13H,5,8H2,1-4H3. The lowest BCUT2D eigenvalue weighted by atomic mass is 9.95. The van der Waals surface area contributed by atoms with Gasteiger partial charge in [-0.05, 0) is 36.5 Å². The zero-order chi connectivity index (χ0) is 11.3. The van der Waals surface area contributed by atoms with Crippen molar-refractivity contribution in [1.82, 2.24) is 0 Å². The lowest BCUT2D eigenvalue weighted by Crippen LogP contribution is -1.93. The molecule has 0 aliphatic rings. The zero-order valence-corrected chi connectivity index (χ0v) is 10.2. The average molecular weight is 200 g/mol. The van der Waals surface area contributed by atoms with Crippen LogP contribution in [0.4, 0.5) is 0 Å². The van der Waals surface area contributed by atoms with Crippen LogP contribution in [0.3, 0.4) is 0 Å². The van der Waals surface area contributed by atoms with Gasteiger partial charge in [0.25, 0.3) is 0 Å². The predicted octanol–water partition coefficient (Wildman–Crippen LogP) is 4.21. The molecule has 0 N–H and O–H groups in total.